The smallest absolute Gasteiger partial charge is 0.144 e. The summed E-state index contributed by atoms with van der Waals surface area (Å²) in [6.07, 6.45) is 6.92. The summed E-state index contributed by atoms with van der Waals surface area (Å²) in [6.45, 7) is 4.14. The van der Waals surface area contributed by atoms with Crippen LogP contribution in [0.2, 0.25) is 0 Å². The number of nitrogens with one attached hydrogen (secondary N) is 2. The van der Waals surface area contributed by atoms with E-state index in [0.717, 1.165) is 39.6 Å². The predicted molar refractivity (Wildman–Crippen MR) is 121 cm³/mol. The minimum Gasteiger partial charge on any atom is -0.492 e. The van der Waals surface area contributed by atoms with Crippen LogP contribution in [0.25, 0.3) is 46.4 Å². The molecule has 0 aliphatic carbocycles. The molecule has 2 aliphatic heterocycles. The van der Waals surface area contributed by atoms with Crippen molar-refractivity contribution in [2.24, 2.45) is 0 Å². The molecule has 3 N–H and O–H groups in total. The zero-order valence-electron chi connectivity index (χ0n) is 17.7. The van der Waals surface area contributed by atoms with E-state index in [4.69, 9.17) is 6.11 Å². The van der Waals surface area contributed by atoms with Crippen molar-refractivity contribution >= 4 is 46.4 Å². The molecule has 0 aromatic carbocycles. The second-order valence-corrected chi connectivity index (χ2v) is 7.27. The summed E-state index contributed by atoms with van der Waals surface area (Å²) >= 11 is 0. The summed E-state index contributed by atoms with van der Waals surface area (Å²) in [4.78, 5) is 15.9. The molecule has 5 rings (SSSR count). The molecule has 3 aromatic heterocycles. The molecule has 2 aliphatic rings. The third-order valence-electron chi connectivity index (χ3n) is 4.92. The summed E-state index contributed by atoms with van der Waals surface area (Å²) in [5.41, 5.74) is 6.55. The molecular formula is C24H22N4O2. The van der Waals surface area contributed by atoms with Crippen molar-refractivity contribution in [3.8, 4) is 5.75 Å². The van der Waals surface area contributed by atoms with Gasteiger partial charge in [-0.25, -0.2) is 9.97 Å². The van der Waals surface area contributed by atoms with Gasteiger partial charge in [0.1, 0.15) is 5.75 Å². The zero-order valence-corrected chi connectivity index (χ0v) is 16.7. The largest absolute Gasteiger partial charge is 0.492 e. The first-order valence-corrected chi connectivity index (χ1v) is 9.93. The lowest BCUT2D eigenvalue weighted by molar-refractivity contribution is 0.201. The molecule has 0 radical (unpaired) electrons. The highest BCUT2D eigenvalue weighted by atomic mass is 16.5. The van der Waals surface area contributed by atoms with Gasteiger partial charge in [-0.15, -0.1) is 0 Å². The zero-order chi connectivity index (χ0) is 21.5. The van der Waals surface area contributed by atoms with Gasteiger partial charge in [-0.1, -0.05) is 0 Å². The standard InChI is InChI=1S/C24H22N4O2/c1-3-30-24-13-20-12-22-21(14(2)29)10-19(27-22)9-17-5-4-15(25-17)8-16-6-7-18(26-16)11-23(24)28-20/h4-14,27-29H,3H2,1-2H3/i10D. The number of hydrogen-bond acceptors (Lipinski definition) is 4. The van der Waals surface area contributed by atoms with Crippen LogP contribution < -0.4 is 4.74 Å². The quantitative estimate of drug-likeness (QED) is 0.394. The number of aliphatic hydroxyl groups is 1. The summed E-state index contributed by atoms with van der Waals surface area (Å²) in [5, 5.41) is 10.3. The Labute approximate surface area is 175 Å². The first kappa shape index (κ1) is 17.2. The minimum atomic E-state index is -0.797. The van der Waals surface area contributed by atoms with E-state index in [2.05, 4.69) is 19.9 Å². The highest BCUT2D eigenvalue weighted by Crippen LogP contribution is 2.26. The fraction of sp³-hybridized carbons (Fsp3) is 0.167. The number of rotatable bonds is 3. The number of nitrogens with zero attached hydrogens (tertiary/aromatic N) is 2. The third-order valence-corrected chi connectivity index (χ3v) is 4.92. The van der Waals surface area contributed by atoms with Gasteiger partial charge in [0.15, 0.2) is 0 Å². The number of aromatic nitrogens is 4. The molecule has 1 unspecified atom stereocenters. The Balaban J connectivity index is 1.90. The molecule has 8 bridgehead atoms. The Kier molecular flexibility index (Phi) is 4.20. The topological polar surface area (TPSA) is 86.8 Å². The molecule has 6 heteroatoms. The molecular weight excluding hydrogens is 376 g/mol. The average Bonchev–Trinajstić information content (AvgIpc) is 3.47. The van der Waals surface area contributed by atoms with E-state index in [1.54, 1.807) is 6.92 Å². The molecule has 0 saturated heterocycles. The van der Waals surface area contributed by atoms with Crippen LogP contribution in [0, 0.1) is 0 Å². The maximum Gasteiger partial charge on any atom is 0.144 e. The molecule has 1 atom stereocenters. The summed E-state index contributed by atoms with van der Waals surface area (Å²) in [7, 11) is 0. The van der Waals surface area contributed by atoms with Crippen molar-refractivity contribution in [3.63, 3.8) is 0 Å². The number of H-pyrrole nitrogens is 2. The molecule has 0 amide bonds. The third kappa shape index (κ3) is 3.53. The van der Waals surface area contributed by atoms with Gasteiger partial charge in [-0.2, -0.15) is 0 Å². The van der Waals surface area contributed by atoms with Crippen LogP contribution >= 0.6 is 0 Å². The fourth-order valence-corrected chi connectivity index (χ4v) is 3.62. The van der Waals surface area contributed by atoms with Gasteiger partial charge < -0.3 is 19.8 Å². The monoisotopic (exact) mass is 399 g/mol. The number of aliphatic hydroxyl groups excluding tert-OH is 1. The lowest BCUT2D eigenvalue weighted by atomic mass is 10.1. The molecule has 6 nitrogen and oxygen atoms in total. The normalized spacial score (nSPS) is 14.0. The van der Waals surface area contributed by atoms with Crippen molar-refractivity contribution in [2.45, 2.75) is 20.0 Å². The molecule has 0 spiro atoms. The van der Waals surface area contributed by atoms with Crippen molar-refractivity contribution in [1.82, 2.24) is 19.9 Å². The molecule has 5 heterocycles. The van der Waals surface area contributed by atoms with Crippen LogP contribution in [-0.2, 0) is 0 Å². The van der Waals surface area contributed by atoms with Crippen LogP contribution in [0.15, 0.2) is 36.4 Å². The Morgan fingerprint density at radius 3 is 2.20 bits per heavy atom. The summed E-state index contributed by atoms with van der Waals surface area (Å²) in [5.74, 6) is 0.719. The summed E-state index contributed by atoms with van der Waals surface area (Å²) in [6, 6.07) is 9.72. The van der Waals surface area contributed by atoms with Crippen molar-refractivity contribution < 1.29 is 11.2 Å². The maximum atomic E-state index is 10.3. The van der Waals surface area contributed by atoms with Gasteiger partial charge in [0.25, 0.3) is 0 Å². The van der Waals surface area contributed by atoms with E-state index in [1.165, 1.54) is 0 Å². The van der Waals surface area contributed by atoms with Gasteiger partial charge in [0, 0.05) is 28.2 Å². The number of aromatic amines is 2. The fourth-order valence-electron chi connectivity index (χ4n) is 3.62. The van der Waals surface area contributed by atoms with Gasteiger partial charge in [-0.05, 0) is 68.5 Å². The lowest BCUT2D eigenvalue weighted by Crippen LogP contribution is -1.89. The Hall–Kier alpha value is -3.64. The van der Waals surface area contributed by atoms with E-state index in [-0.39, 0.29) is 6.04 Å². The summed E-state index contributed by atoms with van der Waals surface area (Å²) < 4.78 is 14.4. The predicted octanol–water partition coefficient (Wildman–Crippen LogP) is 5.11. The Morgan fingerprint density at radius 2 is 1.53 bits per heavy atom. The second-order valence-electron chi connectivity index (χ2n) is 7.27. The van der Waals surface area contributed by atoms with Gasteiger partial charge in [-0.3, -0.25) is 0 Å². The average molecular weight is 399 g/mol. The van der Waals surface area contributed by atoms with Crippen molar-refractivity contribution in [3.05, 3.63) is 64.7 Å². The van der Waals surface area contributed by atoms with Gasteiger partial charge in [0.2, 0.25) is 0 Å². The number of fused-ring (bicyclic) bond motifs is 8. The van der Waals surface area contributed by atoms with E-state index < -0.39 is 6.10 Å². The van der Waals surface area contributed by atoms with Crippen LogP contribution in [0.5, 0.6) is 5.75 Å². The minimum absolute atomic E-state index is 0.254. The van der Waals surface area contributed by atoms with Crippen molar-refractivity contribution in [2.75, 3.05) is 6.61 Å². The molecule has 0 saturated carbocycles. The molecule has 3 aromatic rings. The number of ether oxygens (including phenoxy) is 1. The van der Waals surface area contributed by atoms with E-state index in [0.29, 0.717) is 23.2 Å². The highest BCUT2D eigenvalue weighted by molar-refractivity contribution is 5.80. The van der Waals surface area contributed by atoms with Gasteiger partial charge in [0.05, 0.1) is 42.4 Å². The molecule has 30 heavy (non-hydrogen) atoms. The first-order chi connectivity index (χ1) is 15.0. The van der Waals surface area contributed by atoms with E-state index in [1.807, 2.05) is 61.6 Å². The highest BCUT2D eigenvalue weighted by Gasteiger charge is 2.09. The Bertz CT molecular complexity index is 1400. The van der Waals surface area contributed by atoms with Crippen LogP contribution in [0.3, 0.4) is 0 Å². The molecule has 0 fully saturated rings. The SMILES string of the molecule is [2H]c1c(C(C)O)c2cc3cc(OCC)c(cc4nc(cc5nc(cc1[nH]2)C=C5)C=C4)[nH]3. The van der Waals surface area contributed by atoms with Crippen LogP contribution in [0.4, 0.5) is 0 Å². The van der Waals surface area contributed by atoms with Gasteiger partial charge >= 0.3 is 0 Å². The van der Waals surface area contributed by atoms with Crippen LogP contribution in [-0.4, -0.2) is 31.6 Å². The first-order valence-electron chi connectivity index (χ1n) is 10.4. The van der Waals surface area contributed by atoms with Crippen molar-refractivity contribution in [1.29, 1.82) is 0 Å². The maximum absolute atomic E-state index is 10.3. The van der Waals surface area contributed by atoms with Crippen LogP contribution in [0.1, 0.15) is 49.7 Å². The van der Waals surface area contributed by atoms with E-state index in [9.17, 15) is 5.11 Å². The second kappa shape index (κ2) is 7.31. The lowest BCUT2D eigenvalue weighted by Gasteiger charge is -1.99. The van der Waals surface area contributed by atoms with E-state index >= 15 is 0 Å². The molecule has 150 valence electrons. The number of hydrogen-bond donors (Lipinski definition) is 3. The Morgan fingerprint density at radius 1 is 0.900 bits per heavy atom.